The monoisotopic (exact) mass is 257 g/mol. The Morgan fingerprint density at radius 2 is 2.00 bits per heavy atom. The van der Waals surface area contributed by atoms with Gasteiger partial charge in [0.05, 0.1) is 18.2 Å². The number of benzene rings is 1. The van der Waals surface area contributed by atoms with E-state index in [-0.39, 0.29) is 10.9 Å². The molecule has 0 unspecified atom stereocenters. The summed E-state index contributed by atoms with van der Waals surface area (Å²) < 4.78 is 43.8. The van der Waals surface area contributed by atoms with Crippen LogP contribution in [-0.4, -0.2) is 23.6 Å². The first-order valence-corrected chi connectivity index (χ1v) is 5.09. The molecule has 3 nitrogen and oxygen atoms in total. The van der Waals surface area contributed by atoms with Gasteiger partial charge in [-0.1, -0.05) is 0 Å². The molecule has 2 rings (SSSR count). The molecule has 0 spiro atoms. The van der Waals surface area contributed by atoms with Crippen LogP contribution in [0.1, 0.15) is 10.4 Å². The number of carbonyl (C=O) groups is 1. The lowest BCUT2D eigenvalue weighted by Gasteiger charge is -2.04. The van der Waals surface area contributed by atoms with E-state index in [1.165, 1.54) is 30.0 Å². The molecule has 0 fully saturated rings. The molecule has 1 aromatic heterocycles. The Labute approximate surface area is 101 Å². The molecular formula is C12H10F3NO2. The number of alkyl halides is 3. The number of hydrogen-bond donors (Lipinski definition) is 0. The zero-order valence-corrected chi connectivity index (χ0v) is 9.71. The number of ketones is 1. The largest absolute Gasteiger partial charge is 0.497 e. The number of halogens is 3. The van der Waals surface area contributed by atoms with Crippen molar-refractivity contribution in [3.63, 3.8) is 0 Å². The van der Waals surface area contributed by atoms with Gasteiger partial charge in [0.2, 0.25) is 0 Å². The maximum atomic E-state index is 12.4. The molecule has 1 heterocycles. The minimum absolute atomic E-state index is 0.264. The summed E-state index contributed by atoms with van der Waals surface area (Å²) in [5, 5.41) is 0.264. The number of fused-ring (bicyclic) bond motifs is 1. The van der Waals surface area contributed by atoms with Crippen LogP contribution in [0.2, 0.25) is 0 Å². The van der Waals surface area contributed by atoms with Crippen LogP contribution in [0.5, 0.6) is 5.75 Å². The van der Waals surface area contributed by atoms with Crippen LogP contribution in [0, 0.1) is 0 Å². The maximum absolute atomic E-state index is 12.4. The molecule has 0 radical (unpaired) electrons. The average molecular weight is 257 g/mol. The van der Waals surface area contributed by atoms with Gasteiger partial charge in [0.15, 0.2) is 0 Å². The standard InChI is InChI=1S/C12H10F3NO2/c1-16-6-9(11(17)12(13,14)15)8-4-3-7(18-2)5-10(8)16/h3-6H,1-2H3. The summed E-state index contributed by atoms with van der Waals surface area (Å²) in [5.41, 5.74) is 0.171. The molecule has 0 amide bonds. The number of ether oxygens (including phenoxy) is 1. The Morgan fingerprint density at radius 3 is 2.56 bits per heavy atom. The van der Waals surface area contributed by atoms with E-state index >= 15 is 0 Å². The molecule has 2 aromatic rings. The van der Waals surface area contributed by atoms with Crippen molar-refractivity contribution < 1.29 is 22.7 Å². The fraction of sp³-hybridized carbons (Fsp3) is 0.250. The number of nitrogens with zero attached hydrogens (tertiary/aromatic N) is 1. The molecule has 18 heavy (non-hydrogen) atoms. The summed E-state index contributed by atoms with van der Waals surface area (Å²) in [4.78, 5) is 11.3. The maximum Gasteiger partial charge on any atom is 0.454 e. The highest BCUT2D eigenvalue weighted by Crippen LogP contribution is 2.30. The van der Waals surface area contributed by atoms with Crippen LogP contribution in [0.15, 0.2) is 24.4 Å². The van der Waals surface area contributed by atoms with Crippen LogP contribution in [0.4, 0.5) is 13.2 Å². The van der Waals surface area contributed by atoms with Crippen LogP contribution < -0.4 is 4.74 Å². The summed E-state index contributed by atoms with van der Waals surface area (Å²) in [7, 11) is 3.04. The first kappa shape index (κ1) is 12.5. The molecule has 0 atom stereocenters. The van der Waals surface area contributed by atoms with Crippen molar-refractivity contribution in [2.75, 3.05) is 7.11 Å². The SMILES string of the molecule is COc1ccc2c(C(=O)C(F)(F)F)cn(C)c2c1. The molecular weight excluding hydrogens is 247 g/mol. The summed E-state index contributed by atoms with van der Waals surface area (Å²) in [5.74, 6) is -1.31. The molecule has 0 aliphatic carbocycles. The van der Waals surface area contributed by atoms with Crippen LogP contribution in [-0.2, 0) is 7.05 Å². The van der Waals surface area contributed by atoms with Crippen molar-refractivity contribution in [3.8, 4) is 5.75 Å². The topological polar surface area (TPSA) is 31.2 Å². The second-order valence-corrected chi connectivity index (χ2v) is 3.86. The quantitative estimate of drug-likeness (QED) is 0.774. The van der Waals surface area contributed by atoms with Crippen molar-refractivity contribution >= 4 is 16.7 Å². The normalized spacial score (nSPS) is 11.8. The molecule has 0 bridgehead atoms. The molecule has 1 aromatic carbocycles. The highest BCUT2D eigenvalue weighted by molar-refractivity contribution is 6.10. The number of aromatic nitrogens is 1. The number of carbonyl (C=O) groups excluding carboxylic acids is 1. The van der Waals surface area contributed by atoms with Gasteiger partial charge in [0.1, 0.15) is 5.75 Å². The third-order valence-corrected chi connectivity index (χ3v) is 2.70. The Morgan fingerprint density at radius 1 is 1.33 bits per heavy atom. The summed E-state index contributed by atoms with van der Waals surface area (Å²) in [6.45, 7) is 0. The fourth-order valence-electron chi connectivity index (χ4n) is 1.82. The predicted octanol–water partition coefficient (Wildman–Crippen LogP) is 2.93. The third-order valence-electron chi connectivity index (χ3n) is 2.70. The van der Waals surface area contributed by atoms with Crippen LogP contribution in [0.25, 0.3) is 10.9 Å². The van der Waals surface area contributed by atoms with Crippen LogP contribution in [0.3, 0.4) is 0 Å². The number of hydrogen-bond acceptors (Lipinski definition) is 2. The number of Topliss-reactive ketones (excluding diaryl/α,β-unsaturated/α-hetero) is 1. The lowest BCUT2D eigenvalue weighted by atomic mass is 10.1. The second-order valence-electron chi connectivity index (χ2n) is 3.86. The van der Waals surface area contributed by atoms with E-state index in [0.717, 1.165) is 0 Å². The molecule has 0 aliphatic rings. The number of rotatable bonds is 2. The van der Waals surface area contributed by atoms with Crippen LogP contribution >= 0.6 is 0 Å². The highest BCUT2D eigenvalue weighted by Gasteiger charge is 2.40. The first-order valence-electron chi connectivity index (χ1n) is 5.09. The molecule has 0 saturated heterocycles. The van der Waals surface area contributed by atoms with E-state index in [4.69, 9.17) is 4.74 Å². The summed E-state index contributed by atoms with van der Waals surface area (Å²) in [6, 6.07) is 4.56. The van der Waals surface area contributed by atoms with E-state index in [1.807, 2.05) is 0 Å². The van der Waals surface area contributed by atoms with Gasteiger partial charge in [-0.15, -0.1) is 0 Å². The lowest BCUT2D eigenvalue weighted by Crippen LogP contribution is -2.22. The van der Waals surface area contributed by atoms with Gasteiger partial charge in [-0.3, -0.25) is 4.79 Å². The Balaban J connectivity index is 2.64. The van der Waals surface area contributed by atoms with Gasteiger partial charge in [0, 0.05) is 24.7 Å². The highest BCUT2D eigenvalue weighted by atomic mass is 19.4. The molecule has 6 heteroatoms. The van der Waals surface area contributed by atoms with E-state index in [9.17, 15) is 18.0 Å². The van der Waals surface area contributed by atoms with Gasteiger partial charge >= 0.3 is 6.18 Å². The minimum Gasteiger partial charge on any atom is -0.497 e. The predicted molar refractivity (Wildman–Crippen MR) is 59.9 cm³/mol. The third kappa shape index (κ3) is 1.94. The van der Waals surface area contributed by atoms with Crippen molar-refractivity contribution in [1.29, 1.82) is 0 Å². The minimum atomic E-state index is -4.87. The zero-order chi connectivity index (χ0) is 13.5. The molecule has 0 N–H and O–H groups in total. The molecule has 0 saturated carbocycles. The Kier molecular flexibility index (Phi) is 2.80. The first-order chi connectivity index (χ1) is 8.34. The van der Waals surface area contributed by atoms with E-state index in [1.54, 1.807) is 13.1 Å². The molecule has 0 aliphatic heterocycles. The van der Waals surface area contributed by atoms with Crippen molar-refractivity contribution in [2.24, 2.45) is 7.05 Å². The van der Waals surface area contributed by atoms with Gasteiger partial charge < -0.3 is 9.30 Å². The van der Waals surface area contributed by atoms with Gasteiger partial charge in [-0.2, -0.15) is 13.2 Å². The van der Waals surface area contributed by atoms with E-state index < -0.39 is 12.0 Å². The zero-order valence-electron chi connectivity index (χ0n) is 9.71. The summed E-state index contributed by atoms with van der Waals surface area (Å²) in [6.07, 6.45) is -3.69. The van der Waals surface area contributed by atoms with E-state index in [0.29, 0.717) is 11.3 Å². The summed E-state index contributed by atoms with van der Waals surface area (Å²) >= 11 is 0. The van der Waals surface area contributed by atoms with Crippen molar-refractivity contribution in [2.45, 2.75) is 6.18 Å². The molecule has 96 valence electrons. The number of aryl methyl sites for hydroxylation is 1. The Hall–Kier alpha value is -1.98. The van der Waals surface area contributed by atoms with Gasteiger partial charge in [-0.05, 0) is 12.1 Å². The second kappa shape index (κ2) is 4.04. The smallest absolute Gasteiger partial charge is 0.454 e. The fourth-order valence-corrected chi connectivity index (χ4v) is 1.82. The van der Waals surface area contributed by atoms with Gasteiger partial charge in [-0.25, -0.2) is 0 Å². The average Bonchev–Trinajstić information content (AvgIpc) is 2.64. The van der Waals surface area contributed by atoms with Gasteiger partial charge in [0.25, 0.3) is 5.78 Å². The van der Waals surface area contributed by atoms with E-state index in [2.05, 4.69) is 0 Å². The Bertz CT molecular complexity index is 614. The lowest BCUT2D eigenvalue weighted by molar-refractivity contribution is -0.0884. The number of methoxy groups -OCH3 is 1. The van der Waals surface area contributed by atoms with Crippen molar-refractivity contribution in [1.82, 2.24) is 4.57 Å². The van der Waals surface area contributed by atoms with Crippen molar-refractivity contribution in [3.05, 3.63) is 30.0 Å².